The molecule has 0 bridgehead atoms. The number of alkyl halides is 3. The van der Waals surface area contributed by atoms with E-state index in [4.69, 9.17) is 11.6 Å². The summed E-state index contributed by atoms with van der Waals surface area (Å²) >= 11 is 5.71. The normalized spacial score (nSPS) is 12.2. The first-order valence-electron chi connectivity index (χ1n) is 11.2. The summed E-state index contributed by atoms with van der Waals surface area (Å²) in [5, 5.41) is 3.26. The van der Waals surface area contributed by atoms with Gasteiger partial charge in [-0.25, -0.2) is 13.8 Å². The monoisotopic (exact) mass is 551 g/mol. The second-order valence-corrected chi connectivity index (χ2v) is 10.9. The Labute approximate surface area is 218 Å². The van der Waals surface area contributed by atoms with Gasteiger partial charge in [0.2, 0.25) is 0 Å². The van der Waals surface area contributed by atoms with Gasteiger partial charge in [-0.05, 0) is 54.3 Å². The van der Waals surface area contributed by atoms with E-state index in [-0.39, 0.29) is 10.6 Å². The lowest BCUT2D eigenvalue weighted by atomic mass is 10.0. The van der Waals surface area contributed by atoms with Gasteiger partial charge in [-0.15, -0.1) is 0 Å². The summed E-state index contributed by atoms with van der Waals surface area (Å²) in [6.45, 7) is 5.04. The Morgan fingerprint density at radius 2 is 1.68 bits per heavy atom. The first-order chi connectivity index (χ1) is 17.3. The largest absolute Gasteiger partial charge is 0.417 e. The van der Waals surface area contributed by atoms with Crippen molar-refractivity contribution in [2.75, 3.05) is 10.8 Å². The molecule has 0 aromatic heterocycles. The van der Waals surface area contributed by atoms with Crippen LogP contribution in [0.5, 0.6) is 0 Å². The summed E-state index contributed by atoms with van der Waals surface area (Å²) < 4.78 is 67.8. The first kappa shape index (κ1) is 28.2. The minimum absolute atomic E-state index is 0.192. The highest BCUT2D eigenvalue weighted by Gasteiger charge is 2.35. The average Bonchev–Trinajstić information content (AvgIpc) is 2.83. The SMILES string of the molecule is Cc1ccc(S(=O)(=O)N(CC(=O)N/N=C\c2ccc(C(C)C)cc2)c2ccc(Cl)c(C(F)(F)F)c2)cc1. The van der Waals surface area contributed by atoms with E-state index < -0.39 is 39.2 Å². The standard InChI is InChI=1S/C26H25ClF3N3O3S/c1-17(2)20-8-6-19(7-9-20)15-31-32-25(34)16-33(37(35,36)22-11-4-18(3)5-12-22)21-10-13-24(27)23(14-21)26(28,29)30/h4-15,17H,16H2,1-3H3,(H,32,34)/b31-15-. The molecule has 1 amide bonds. The van der Waals surface area contributed by atoms with E-state index in [0.29, 0.717) is 21.9 Å². The van der Waals surface area contributed by atoms with Crippen LogP contribution < -0.4 is 9.73 Å². The number of hydrogen-bond acceptors (Lipinski definition) is 4. The summed E-state index contributed by atoms with van der Waals surface area (Å²) in [4.78, 5) is 12.5. The fourth-order valence-electron chi connectivity index (χ4n) is 3.35. The van der Waals surface area contributed by atoms with Crippen LogP contribution in [0.3, 0.4) is 0 Å². The number of halogens is 4. The molecule has 0 aliphatic heterocycles. The van der Waals surface area contributed by atoms with Gasteiger partial charge in [-0.3, -0.25) is 9.10 Å². The number of sulfonamides is 1. The highest BCUT2D eigenvalue weighted by atomic mass is 35.5. The van der Waals surface area contributed by atoms with Gasteiger partial charge in [0.25, 0.3) is 15.9 Å². The molecule has 3 aromatic carbocycles. The number of amides is 1. The zero-order valence-electron chi connectivity index (χ0n) is 20.3. The van der Waals surface area contributed by atoms with Crippen molar-refractivity contribution in [2.45, 2.75) is 37.8 Å². The Bertz CT molecular complexity index is 1390. The lowest BCUT2D eigenvalue weighted by molar-refractivity contribution is -0.137. The maximum absolute atomic E-state index is 13.5. The van der Waals surface area contributed by atoms with Crippen LogP contribution in [-0.4, -0.2) is 27.1 Å². The van der Waals surface area contributed by atoms with Crippen LogP contribution in [0, 0.1) is 6.92 Å². The van der Waals surface area contributed by atoms with E-state index in [1.54, 1.807) is 19.1 Å². The second kappa shape index (κ2) is 11.4. The molecule has 0 aliphatic carbocycles. The number of carbonyl (C=O) groups excluding carboxylic acids is 1. The molecule has 3 rings (SSSR count). The van der Waals surface area contributed by atoms with Crippen molar-refractivity contribution in [3.8, 4) is 0 Å². The Balaban J connectivity index is 1.90. The molecule has 37 heavy (non-hydrogen) atoms. The number of nitrogens with one attached hydrogen (secondary N) is 1. The van der Waals surface area contributed by atoms with Gasteiger partial charge in [-0.2, -0.15) is 18.3 Å². The zero-order chi connectivity index (χ0) is 27.4. The predicted molar refractivity (Wildman–Crippen MR) is 138 cm³/mol. The van der Waals surface area contributed by atoms with Crippen molar-refractivity contribution in [3.05, 3.63) is 94.0 Å². The number of benzene rings is 3. The second-order valence-electron chi connectivity index (χ2n) is 8.60. The van der Waals surface area contributed by atoms with Gasteiger partial charge in [-0.1, -0.05) is 67.4 Å². The van der Waals surface area contributed by atoms with E-state index in [1.165, 1.54) is 18.3 Å². The third-order valence-corrected chi connectivity index (χ3v) is 7.56. The van der Waals surface area contributed by atoms with Gasteiger partial charge in [0.05, 0.1) is 27.4 Å². The maximum atomic E-state index is 13.5. The van der Waals surface area contributed by atoms with Gasteiger partial charge >= 0.3 is 6.18 Å². The minimum atomic E-state index is -4.83. The summed E-state index contributed by atoms with van der Waals surface area (Å²) in [7, 11) is -4.42. The third-order valence-electron chi connectivity index (χ3n) is 5.45. The average molecular weight is 552 g/mol. The molecule has 0 atom stereocenters. The summed E-state index contributed by atoms with van der Waals surface area (Å²) in [6.07, 6.45) is -3.45. The van der Waals surface area contributed by atoms with Crippen LogP contribution in [0.25, 0.3) is 0 Å². The van der Waals surface area contributed by atoms with Crippen LogP contribution >= 0.6 is 11.6 Å². The van der Waals surface area contributed by atoms with Crippen molar-refractivity contribution in [1.82, 2.24) is 5.43 Å². The highest BCUT2D eigenvalue weighted by Crippen LogP contribution is 2.38. The molecular formula is C26H25ClF3N3O3S. The van der Waals surface area contributed by atoms with Gasteiger partial charge in [0, 0.05) is 0 Å². The number of rotatable bonds is 8. The van der Waals surface area contributed by atoms with E-state index in [9.17, 15) is 26.4 Å². The Morgan fingerprint density at radius 1 is 1.05 bits per heavy atom. The summed E-state index contributed by atoms with van der Waals surface area (Å²) in [6, 6.07) is 15.8. The first-order valence-corrected chi connectivity index (χ1v) is 13.0. The molecule has 0 unspecified atom stereocenters. The van der Waals surface area contributed by atoms with E-state index >= 15 is 0 Å². The Morgan fingerprint density at radius 3 is 2.24 bits per heavy atom. The molecule has 1 N–H and O–H groups in total. The molecule has 196 valence electrons. The molecule has 0 spiro atoms. The van der Waals surface area contributed by atoms with Gasteiger partial charge < -0.3 is 0 Å². The van der Waals surface area contributed by atoms with Crippen LogP contribution in [0.1, 0.15) is 42.0 Å². The molecule has 0 aliphatic rings. The lowest BCUT2D eigenvalue weighted by Gasteiger charge is -2.25. The fraction of sp³-hybridized carbons (Fsp3) is 0.231. The number of hydrogen-bond donors (Lipinski definition) is 1. The maximum Gasteiger partial charge on any atom is 0.417 e. The summed E-state index contributed by atoms with van der Waals surface area (Å²) in [5.41, 5.74) is 3.24. The molecule has 11 heteroatoms. The Kier molecular flexibility index (Phi) is 8.65. The lowest BCUT2D eigenvalue weighted by Crippen LogP contribution is -2.39. The molecule has 3 aromatic rings. The van der Waals surface area contributed by atoms with Crippen LogP contribution in [0.4, 0.5) is 18.9 Å². The molecule has 6 nitrogen and oxygen atoms in total. The van der Waals surface area contributed by atoms with E-state index in [1.807, 2.05) is 24.3 Å². The molecular weight excluding hydrogens is 527 g/mol. The quantitative estimate of drug-likeness (QED) is 0.270. The highest BCUT2D eigenvalue weighted by molar-refractivity contribution is 7.92. The van der Waals surface area contributed by atoms with Gasteiger partial charge in [0.1, 0.15) is 6.54 Å². The fourth-order valence-corrected chi connectivity index (χ4v) is 4.99. The summed E-state index contributed by atoms with van der Waals surface area (Å²) in [5.74, 6) is -0.507. The van der Waals surface area contributed by atoms with Crippen LogP contribution in [-0.2, 0) is 21.0 Å². The van der Waals surface area contributed by atoms with Crippen LogP contribution in [0.2, 0.25) is 5.02 Å². The van der Waals surface area contributed by atoms with Crippen molar-refractivity contribution < 1.29 is 26.4 Å². The predicted octanol–water partition coefficient (Wildman–Crippen LogP) is 6.14. The molecule has 0 fully saturated rings. The minimum Gasteiger partial charge on any atom is -0.271 e. The van der Waals surface area contributed by atoms with E-state index in [2.05, 4.69) is 24.4 Å². The number of aryl methyl sites for hydroxylation is 1. The number of hydrazone groups is 1. The number of carbonyl (C=O) groups is 1. The molecule has 0 radical (unpaired) electrons. The molecule has 0 heterocycles. The van der Waals surface area contributed by atoms with Crippen molar-refractivity contribution in [3.63, 3.8) is 0 Å². The van der Waals surface area contributed by atoms with Gasteiger partial charge in [0.15, 0.2) is 0 Å². The van der Waals surface area contributed by atoms with E-state index in [0.717, 1.165) is 23.3 Å². The third kappa shape index (κ3) is 7.11. The van der Waals surface area contributed by atoms with Crippen LogP contribution in [0.15, 0.2) is 76.7 Å². The number of nitrogens with zero attached hydrogens (tertiary/aromatic N) is 2. The smallest absolute Gasteiger partial charge is 0.271 e. The zero-order valence-corrected chi connectivity index (χ0v) is 21.8. The Hall–Kier alpha value is -3.37. The van der Waals surface area contributed by atoms with Crippen molar-refractivity contribution in [2.24, 2.45) is 5.10 Å². The molecule has 0 saturated carbocycles. The number of anilines is 1. The molecule has 0 saturated heterocycles. The topological polar surface area (TPSA) is 78.8 Å². The van der Waals surface area contributed by atoms with Crippen molar-refractivity contribution >= 4 is 39.4 Å². The van der Waals surface area contributed by atoms with Crippen molar-refractivity contribution in [1.29, 1.82) is 0 Å².